The number of alkyl halides is 1. The summed E-state index contributed by atoms with van der Waals surface area (Å²) in [5.74, 6) is -0.606. The second-order valence-corrected chi connectivity index (χ2v) is 7.53. The standard InChI is InChI=1S/C21H22FNO4/c1-13-6-8-14(9-7-13)21(22)16-12-15(26-5)10-11-17(16)23(18(21)24)19(25)27-20(2,3)4/h6-12H,1-5H3/t21-/m0/s1. The van der Waals surface area contributed by atoms with Gasteiger partial charge in [-0.1, -0.05) is 29.8 Å². The highest BCUT2D eigenvalue weighted by atomic mass is 19.1. The summed E-state index contributed by atoms with van der Waals surface area (Å²) in [5.41, 5.74) is -2.04. The van der Waals surface area contributed by atoms with Gasteiger partial charge in [0, 0.05) is 11.1 Å². The summed E-state index contributed by atoms with van der Waals surface area (Å²) in [5, 5.41) is 0. The second-order valence-electron chi connectivity index (χ2n) is 7.53. The van der Waals surface area contributed by atoms with Crippen molar-refractivity contribution < 1.29 is 23.5 Å². The smallest absolute Gasteiger partial charge is 0.421 e. The molecule has 0 saturated carbocycles. The highest BCUT2D eigenvalue weighted by Crippen LogP contribution is 2.49. The Kier molecular flexibility index (Phi) is 4.46. The maximum absolute atomic E-state index is 16.3. The van der Waals surface area contributed by atoms with Crippen LogP contribution in [0, 0.1) is 6.92 Å². The number of hydrogen-bond donors (Lipinski definition) is 0. The number of imide groups is 1. The quantitative estimate of drug-likeness (QED) is 0.780. The van der Waals surface area contributed by atoms with Gasteiger partial charge in [-0.05, 0) is 45.9 Å². The molecule has 0 fully saturated rings. The molecule has 0 aromatic heterocycles. The predicted octanol–water partition coefficient (Wildman–Crippen LogP) is 4.50. The van der Waals surface area contributed by atoms with Crippen LogP contribution < -0.4 is 9.64 Å². The molecule has 1 aliphatic rings. The number of hydrogen-bond acceptors (Lipinski definition) is 4. The molecule has 1 heterocycles. The van der Waals surface area contributed by atoms with Gasteiger partial charge in [-0.2, -0.15) is 0 Å². The molecular formula is C21H22FNO4. The van der Waals surface area contributed by atoms with E-state index in [1.54, 1.807) is 51.1 Å². The van der Waals surface area contributed by atoms with Crippen molar-refractivity contribution >= 4 is 17.7 Å². The van der Waals surface area contributed by atoms with Gasteiger partial charge in [0.05, 0.1) is 12.8 Å². The fraction of sp³-hybridized carbons (Fsp3) is 0.333. The van der Waals surface area contributed by atoms with Crippen LogP contribution >= 0.6 is 0 Å². The summed E-state index contributed by atoms with van der Waals surface area (Å²) in [6, 6.07) is 11.1. The number of aryl methyl sites for hydroxylation is 1. The number of carbonyl (C=O) groups excluding carboxylic acids is 2. The van der Waals surface area contributed by atoms with Crippen molar-refractivity contribution in [3.05, 3.63) is 59.2 Å². The zero-order valence-corrected chi connectivity index (χ0v) is 16.0. The van der Waals surface area contributed by atoms with E-state index in [1.165, 1.54) is 19.2 Å². The molecule has 1 aliphatic heterocycles. The Labute approximate surface area is 157 Å². The van der Waals surface area contributed by atoms with Crippen LogP contribution in [-0.4, -0.2) is 24.7 Å². The highest BCUT2D eigenvalue weighted by molar-refractivity contribution is 6.21. The number of amides is 2. The van der Waals surface area contributed by atoms with Crippen molar-refractivity contribution in [2.24, 2.45) is 0 Å². The third-order valence-corrected chi connectivity index (χ3v) is 4.34. The number of benzene rings is 2. The number of rotatable bonds is 2. The SMILES string of the molecule is COc1ccc2c(c1)[C@@](F)(c1ccc(C)cc1)C(=O)N2C(=O)OC(C)(C)C. The predicted molar refractivity (Wildman–Crippen MR) is 99.8 cm³/mol. The van der Waals surface area contributed by atoms with Gasteiger partial charge < -0.3 is 9.47 Å². The Morgan fingerprint density at radius 1 is 1.11 bits per heavy atom. The van der Waals surface area contributed by atoms with Crippen molar-refractivity contribution in [2.45, 2.75) is 39.0 Å². The van der Waals surface area contributed by atoms with Crippen molar-refractivity contribution in [1.29, 1.82) is 0 Å². The third-order valence-electron chi connectivity index (χ3n) is 4.34. The van der Waals surface area contributed by atoms with Gasteiger partial charge in [-0.3, -0.25) is 4.79 Å². The maximum Gasteiger partial charge on any atom is 0.421 e. The van der Waals surface area contributed by atoms with E-state index in [9.17, 15) is 9.59 Å². The van der Waals surface area contributed by atoms with E-state index < -0.39 is 23.3 Å². The Hall–Kier alpha value is -2.89. The summed E-state index contributed by atoms with van der Waals surface area (Å²) in [6.07, 6.45) is -0.912. The topological polar surface area (TPSA) is 55.8 Å². The average molecular weight is 371 g/mol. The Morgan fingerprint density at radius 3 is 2.30 bits per heavy atom. The second kappa shape index (κ2) is 6.37. The lowest BCUT2D eigenvalue weighted by molar-refractivity contribution is -0.126. The van der Waals surface area contributed by atoms with E-state index in [-0.39, 0.29) is 16.8 Å². The highest BCUT2D eigenvalue weighted by Gasteiger charge is 2.56. The molecule has 0 bridgehead atoms. The Morgan fingerprint density at radius 2 is 1.74 bits per heavy atom. The molecule has 0 saturated heterocycles. The van der Waals surface area contributed by atoms with Crippen molar-refractivity contribution in [3.63, 3.8) is 0 Å². The summed E-state index contributed by atoms with van der Waals surface area (Å²) < 4.78 is 26.8. The number of anilines is 1. The molecule has 27 heavy (non-hydrogen) atoms. The molecule has 0 aliphatic carbocycles. The van der Waals surface area contributed by atoms with Crippen LogP contribution in [0.5, 0.6) is 5.75 Å². The average Bonchev–Trinajstić information content (AvgIpc) is 2.82. The van der Waals surface area contributed by atoms with Crippen LogP contribution in [0.1, 0.15) is 37.5 Å². The van der Waals surface area contributed by atoms with Crippen LogP contribution in [0.15, 0.2) is 42.5 Å². The first kappa shape index (κ1) is 18.9. The van der Waals surface area contributed by atoms with Gasteiger partial charge in [0.2, 0.25) is 5.67 Å². The van der Waals surface area contributed by atoms with E-state index in [0.29, 0.717) is 5.75 Å². The Bertz CT molecular complexity index is 901. The molecule has 2 aromatic rings. The number of halogens is 1. The van der Waals surface area contributed by atoms with Crippen LogP contribution in [0.4, 0.5) is 14.9 Å². The van der Waals surface area contributed by atoms with Crippen molar-refractivity contribution in [3.8, 4) is 5.75 Å². The van der Waals surface area contributed by atoms with Crippen molar-refractivity contribution in [1.82, 2.24) is 0 Å². The van der Waals surface area contributed by atoms with E-state index in [1.807, 2.05) is 6.92 Å². The number of fused-ring (bicyclic) bond motifs is 1. The van der Waals surface area contributed by atoms with Gasteiger partial charge in [0.1, 0.15) is 11.4 Å². The van der Waals surface area contributed by atoms with E-state index in [4.69, 9.17) is 9.47 Å². The molecule has 2 amide bonds. The zero-order chi connectivity index (χ0) is 20.0. The summed E-state index contributed by atoms with van der Waals surface area (Å²) in [4.78, 5) is 26.5. The lowest BCUT2D eigenvalue weighted by Gasteiger charge is -2.24. The summed E-state index contributed by atoms with van der Waals surface area (Å²) in [6.45, 7) is 6.92. The molecular weight excluding hydrogens is 349 g/mol. The molecule has 0 spiro atoms. The fourth-order valence-corrected chi connectivity index (χ4v) is 3.04. The maximum atomic E-state index is 16.3. The summed E-state index contributed by atoms with van der Waals surface area (Å²) in [7, 11) is 1.45. The van der Waals surface area contributed by atoms with Gasteiger partial charge >= 0.3 is 6.09 Å². The van der Waals surface area contributed by atoms with Crippen LogP contribution in [-0.2, 0) is 15.2 Å². The number of ether oxygens (including phenoxy) is 2. The van der Waals surface area contributed by atoms with E-state index >= 15 is 4.39 Å². The first-order valence-electron chi connectivity index (χ1n) is 8.60. The first-order valence-corrected chi connectivity index (χ1v) is 8.60. The van der Waals surface area contributed by atoms with Crippen LogP contribution in [0.2, 0.25) is 0 Å². The lowest BCUT2D eigenvalue weighted by atomic mass is 9.89. The van der Waals surface area contributed by atoms with Crippen LogP contribution in [0.3, 0.4) is 0 Å². The number of nitrogens with zero attached hydrogens (tertiary/aromatic N) is 1. The monoisotopic (exact) mass is 371 g/mol. The van der Waals surface area contributed by atoms with Gasteiger partial charge in [0.15, 0.2) is 0 Å². The Balaban J connectivity index is 2.18. The molecule has 3 rings (SSSR count). The minimum absolute atomic E-state index is 0.0570. The minimum Gasteiger partial charge on any atom is -0.497 e. The molecule has 0 radical (unpaired) electrons. The van der Waals surface area contributed by atoms with E-state index in [2.05, 4.69) is 0 Å². The lowest BCUT2D eigenvalue weighted by Crippen LogP contribution is -2.44. The molecule has 1 atom stereocenters. The molecule has 5 nitrogen and oxygen atoms in total. The number of methoxy groups -OCH3 is 1. The fourth-order valence-electron chi connectivity index (χ4n) is 3.04. The van der Waals surface area contributed by atoms with Gasteiger partial charge in [0.25, 0.3) is 5.91 Å². The number of carbonyl (C=O) groups is 2. The van der Waals surface area contributed by atoms with E-state index in [0.717, 1.165) is 10.5 Å². The third kappa shape index (κ3) is 3.16. The largest absolute Gasteiger partial charge is 0.497 e. The van der Waals surface area contributed by atoms with Crippen LogP contribution in [0.25, 0.3) is 0 Å². The first-order chi connectivity index (χ1) is 12.6. The molecule has 2 aromatic carbocycles. The van der Waals surface area contributed by atoms with Gasteiger partial charge in [-0.15, -0.1) is 0 Å². The molecule has 142 valence electrons. The summed E-state index contributed by atoms with van der Waals surface area (Å²) >= 11 is 0. The van der Waals surface area contributed by atoms with Crippen molar-refractivity contribution in [2.75, 3.05) is 12.0 Å². The minimum atomic E-state index is -2.51. The molecule has 6 heteroatoms. The molecule has 0 N–H and O–H groups in total. The van der Waals surface area contributed by atoms with Gasteiger partial charge in [-0.25, -0.2) is 14.1 Å². The normalized spacial score (nSPS) is 19.0. The molecule has 0 unspecified atom stereocenters. The zero-order valence-electron chi connectivity index (χ0n) is 16.0.